The molecule has 0 aromatic heterocycles. The number of nitrogens with two attached hydrogens (primary N) is 2. The lowest BCUT2D eigenvalue weighted by Crippen LogP contribution is -2.19. The highest BCUT2D eigenvalue weighted by atomic mass is 16.5. The summed E-state index contributed by atoms with van der Waals surface area (Å²) < 4.78 is 4.22. The van der Waals surface area contributed by atoms with Gasteiger partial charge in [0.1, 0.15) is 0 Å². The Kier molecular flexibility index (Phi) is 4.23. The average molecular weight is 145 g/mol. The minimum atomic E-state index is -0.568. The lowest BCUT2D eigenvalue weighted by molar-refractivity contribution is -0.135. The van der Waals surface area contributed by atoms with E-state index in [1.54, 1.807) is 0 Å². The first-order valence-corrected chi connectivity index (χ1v) is 2.91. The summed E-state index contributed by atoms with van der Waals surface area (Å²) in [6, 6.07) is -0.568. The van der Waals surface area contributed by atoms with Crippen molar-refractivity contribution in [3.63, 3.8) is 0 Å². The van der Waals surface area contributed by atoms with E-state index < -0.39 is 12.0 Å². The molecule has 0 fully saturated rings. The van der Waals surface area contributed by atoms with E-state index in [-0.39, 0.29) is 6.42 Å². The fourth-order valence-corrected chi connectivity index (χ4v) is 0.420. The van der Waals surface area contributed by atoms with Gasteiger partial charge in [0, 0.05) is 6.42 Å². The van der Waals surface area contributed by atoms with Gasteiger partial charge in [-0.25, -0.2) is 0 Å². The summed E-state index contributed by atoms with van der Waals surface area (Å²) in [5.41, 5.74) is 9.89. The zero-order chi connectivity index (χ0) is 7.98. The monoisotopic (exact) mass is 145 g/mol. The van der Waals surface area contributed by atoms with Crippen LogP contribution in [-0.2, 0) is 9.53 Å². The lowest BCUT2D eigenvalue weighted by Gasteiger charge is -1.98. The highest BCUT2D eigenvalue weighted by Gasteiger charge is 2.01. The molecular weight excluding hydrogens is 134 g/mol. The van der Waals surface area contributed by atoms with Crippen LogP contribution in [0.5, 0.6) is 0 Å². The first-order chi connectivity index (χ1) is 4.66. The standard InChI is InChI=1S/C5H11N3O2/c6-3-1-2-4(9)10-5(7)8/h1-3,6H2,(H3,7,8). The van der Waals surface area contributed by atoms with Crippen LogP contribution < -0.4 is 11.5 Å². The number of nitrogens with one attached hydrogen (secondary N) is 1. The van der Waals surface area contributed by atoms with Crippen molar-refractivity contribution in [2.45, 2.75) is 12.8 Å². The molecular formula is C5H11N3O2. The van der Waals surface area contributed by atoms with E-state index in [0.717, 1.165) is 0 Å². The third-order valence-electron chi connectivity index (χ3n) is 0.809. The summed E-state index contributed by atoms with van der Waals surface area (Å²) in [7, 11) is 0. The Hall–Kier alpha value is -1.10. The molecule has 0 heterocycles. The molecule has 0 aromatic rings. The molecule has 0 saturated heterocycles. The summed E-state index contributed by atoms with van der Waals surface area (Å²) in [6.07, 6.45) is 0.780. The van der Waals surface area contributed by atoms with E-state index in [1.807, 2.05) is 0 Å². The van der Waals surface area contributed by atoms with Crippen molar-refractivity contribution >= 4 is 12.0 Å². The number of hydrogen-bond donors (Lipinski definition) is 3. The van der Waals surface area contributed by atoms with Crippen LogP contribution in [0.15, 0.2) is 0 Å². The number of rotatable bonds is 3. The Morgan fingerprint density at radius 2 is 2.20 bits per heavy atom. The zero-order valence-electron chi connectivity index (χ0n) is 5.59. The topological polar surface area (TPSA) is 102 Å². The second-order valence-corrected chi connectivity index (χ2v) is 1.73. The molecule has 0 radical (unpaired) electrons. The van der Waals surface area contributed by atoms with Crippen LogP contribution in [0.3, 0.4) is 0 Å². The highest BCUT2D eigenvalue weighted by Crippen LogP contribution is 1.88. The molecule has 0 atom stereocenters. The van der Waals surface area contributed by atoms with Gasteiger partial charge in [0.05, 0.1) is 0 Å². The third kappa shape index (κ3) is 5.04. The molecule has 58 valence electrons. The first-order valence-electron chi connectivity index (χ1n) is 2.91. The maximum Gasteiger partial charge on any atom is 0.313 e. The Labute approximate surface area is 58.8 Å². The van der Waals surface area contributed by atoms with Crippen LogP contribution in [0.1, 0.15) is 12.8 Å². The van der Waals surface area contributed by atoms with Crippen molar-refractivity contribution in [2.75, 3.05) is 6.54 Å². The predicted octanol–water partition coefficient (Wildman–Crippen LogP) is -0.838. The molecule has 0 aromatic carbocycles. The summed E-state index contributed by atoms with van der Waals surface area (Å²) in [4.78, 5) is 10.5. The number of carbonyl (C=O) groups is 1. The third-order valence-corrected chi connectivity index (χ3v) is 0.809. The molecule has 0 rings (SSSR count). The number of amidine groups is 1. The molecule has 0 spiro atoms. The van der Waals surface area contributed by atoms with Crippen LogP contribution in [-0.4, -0.2) is 18.5 Å². The maximum absolute atomic E-state index is 10.5. The van der Waals surface area contributed by atoms with E-state index in [0.29, 0.717) is 13.0 Å². The predicted molar refractivity (Wildman–Crippen MR) is 36.3 cm³/mol. The Bertz CT molecular complexity index is 135. The van der Waals surface area contributed by atoms with Crippen LogP contribution in [0.4, 0.5) is 0 Å². The maximum atomic E-state index is 10.5. The first kappa shape index (κ1) is 8.90. The highest BCUT2D eigenvalue weighted by molar-refractivity contribution is 5.84. The smallest absolute Gasteiger partial charge is 0.313 e. The van der Waals surface area contributed by atoms with Crippen LogP contribution in [0.2, 0.25) is 0 Å². The fourth-order valence-electron chi connectivity index (χ4n) is 0.420. The minimum absolute atomic E-state index is 0.218. The van der Waals surface area contributed by atoms with E-state index in [9.17, 15) is 4.79 Å². The molecule has 5 N–H and O–H groups in total. The van der Waals surface area contributed by atoms with Gasteiger partial charge in [0.2, 0.25) is 0 Å². The zero-order valence-corrected chi connectivity index (χ0v) is 5.59. The normalized spacial score (nSPS) is 8.90. The molecule has 5 heteroatoms. The van der Waals surface area contributed by atoms with Crippen LogP contribution in [0, 0.1) is 5.41 Å². The molecule has 5 nitrogen and oxygen atoms in total. The van der Waals surface area contributed by atoms with Crippen molar-refractivity contribution in [3.05, 3.63) is 0 Å². The number of ether oxygens (including phenoxy) is 1. The van der Waals surface area contributed by atoms with Gasteiger partial charge in [-0.2, -0.15) is 0 Å². The van der Waals surface area contributed by atoms with Gasteiger partial charge < -0.3 is 16.2 Å². The molecule has 0 aliphatic carbocycles. The molecule has 0 bridgehead atoms. The average Bonchev–Trinajstić information content (AvgIpc) is 1.82. The SMILES string of the molecule is N=C(N)OC(=O)CCCN. The van der Waals surface area contributed by atoms with Crippen molar-refractivity contribution in [1.82, 2.24) is 0 Å². The number of carbonyl (C=O) groups excluding carboxylic acids is 1. The summed E-state index contributed by atoms with van der Waals surface area (Å²) in [5.74, 6) is -0.502. The largest absolute Gasteiger partial charge is 0.393 e. The van der Waals surface area contributed by atoms with Crippen LogP contribution >= 0.6 is 0 Å². The Morgan fingerprint density at radius 1 is 1.60 bits per heavy atom. The van der Waals surface area contributed by atoms with E-state index >= 15 is 0 Å². The van der Waals surface area contributed by atoms with Gasteiger partial charge >= 0.3 is 5.97 Å². The van der Waals surface area contributed by atoms with Gasteiger partial charge in [0.15, 0.2) is 0 Å². The van der Waals surface area contributed by atoms with E-state index in [1.165, 1.54) is 0 Å². The lowest BCUT2D eigenvalue weighted by atomic mass is 10.3. The Morgan fingerprint density at radius 3 is 2.60 bits per heavy atom. The molecule has 0 unspecified atom stereocenters. The number of hydrogen-bond acceptors (Lipinski definition) is 4. The van der Waals surface area contributed by atoms with Crippen molar-refractivity contribution in [2.24, 2.45) is 11.5 Å². The van der Waals surface area contributed by atoms with Gasteiger partial charge in [-0.15, -0.1) is 0 Å². The Balaban J connectivity index is 3.35. The fraction of sp³-hybridized carbons (Fsp3) is 0.600. The quantitative estimate of drug-likeness (QED) is 0.274. The van der Waals surface area contributed by atoms with Crippen molar-refractivity contribution in [1.29, 1.82) is 5.41 Å². The van der Waals surface area contributed by atoms with Gasteiger partial charge in [-0.05, 0) is 13.0 Å². The number of esters is 1. The van der Waals surface area contributed by atoms with Crippen molar-refractivity contribution in [3.8, 4) is 0 Å². The summed E-state index contributed by atoms with van der Waals surface area (Å²) in [5, 5.41) is 6.56. The van der Waals surface area contributed by atoms with Crippen molar-refractivity contribution < 1.29 is 9.53 Å². The van der Waals surface area contributed by atoms with Gasteiger partial charge in [0.25, 0.3) is 6.02 Å². The summed E-state index contributed by atoms with van der Waals surface area (Å²) in [6.45, 7) is 0.438. The molecule has 0 aliphatic rings. The minimum Gasteiger partial charge on any atom is -0.393 e. The van der Waals surface area contributed by atoms with E-state index in [4.69, 9.17) is 16.9 Å². The van der Waals surface area contributed by atoms with Gasteiger partial charge in [-0.1, -0.05) is 0 Å². The molecule has 0 saturated carbocycles. The second kappa shape index (κ2) is 4.75. The van der Waals surface area contributed by atoms with E-state index in [2.05, 4.69) is 4.74 Å². The molecule has 0 aliphatic heterocycles. The van der Waals surface area contributed by atoms with Gasteiger partial charge in [-0.3, -0.25) is 10.2 Å². The van der Waals surface area contributed by atoms with Crippen LogP contribution in [0.25, 0.3) is 0 Å². The summed E-state index contributed by atoms with van der Waals surface area (Å²) >= 11 is 0. The molecule has 10 heavy (non-hydrogen) atoms. The second-order valence-electron chi connectivity index (χ2n) is 1.73. The molecule has 0 amide bonds.